The van der Waals surface area contributed by atoms with Crippen molar-refractivity contribution in [2.24, 2.45) is 0 Å². The lowest BCUT2D eigenvalue weighted by molar-refractivity contribution is -0.117. The summed E-state index contributed by atoms with van der Waals surface area (Å²) in [6, 6.07) is 3.52. The first kappa shape index (κ1) is 14.5. The molecule has 0 fully saturated rings. The van der Waals surface area contributed by atoms with Crippen LogP contribution in [-0.2, 0) is 9.53 Å². The highest BCUT2D eigenvalue weighted by atomic mass is 16.5. The molecule has 100 valence electrons. The number of methoxy groups -OCH3 is 1. The van der Waals surface area contributed by atoms with Gasteiger partial charge in [-0.1, -0.05) is 13.8 Å². The van der Waals surface area contributed by atoms with E-state index in [2.05, 4.69) is 5.32 Å². The van der Waals surface area contributed by atoms with Crippen molar-refractivity contribution in [3.8, 4) is 5.75 Å². The van der Waals surface area contributed by atoms with Crippen LogP contribution in [0.25, 0.3) is 0 Å². The van der Waals surface area contributed by atoms with Crippen LogP contribution in [0.3, 0.4) is 0 Å². The van der Waals surface area contributed by atoms with Crippen molar-refractivity contribution < 1.29 is 14.6 Å². The van der Waals surface area contributed by atoms with Crippen molar-refractivity contribution in [3.05, 3.63) is 23.3 Å². The number of phenolic OH excluding ortho intramolecular Hbond substituents is 1. The zero-order chi connectivity index (χ0) is 13.7. The van der Waals surface area contributed by atoms with Gasteiger partial charge in [-0.05, 0) is 36.1 Å². The quantitative estimate of drug-likeness (QED) is 0.791. The number of nitrogens with one attached hydrogen (secondary N) is 1. The molecular weight excluding hydrogens is 230 g/mol. The average molecular weight is 251 g/mol. The van der Waals surface area contributed by atoms with Gasteiger partial charge in [0.15, 0.2) is 0 Å². The molecule has 0 radical (unpaired) electrons. The predicted octanol–water partition coefficient (Wildman–Crippen LogP) is 2.80. The van der Waals surface area contributed by atoms with E-state index in [0.29, 0.717) is 13.0 Å². The Hall–Kier alpha value is -1.55. The Labute approximate surface area is 108 Å². The van der Waals surface area contributed by atoms with Gasteiger partial charge in [-0.25, -0.2) is 0 Å². The summed E-state index contributed by atoms with van der Waals surface area (Å²) in [5.74, 6) is 0.401. The summed E-state index contributed by atoms with van der Waals surface area (Å²) in [6.45, 7) is 6.26. The van der Waals surface area contributed by atoms with E-state index in [4.69, 9.17) is 4.74 Å². The lowest BCUT2D eigenvalue weighted by atomic mass is 9.99. The van der Waals surface area contributed by atoms with Crippen LogP contribution < -0.4 is 5.32 Å². The third-order valence-electron chi connectivity index (χ3n) is 2.80. The number of hydrogen-bond acceptors (Lipinski definition) is 3. The molecule has 0 unspecified atom stereocenters. The number of ether oxygens (including phenoxy) is 1. The zero-order valence-electron chi connectivity index (χ0n) is 11.4. The van der Waals surface area contributed by atoms with E-state index in [-0.39, 0.29) is 17.6 Å². The smallest absolute Gasteiger partial charge is 0.226 e. The maximum atomic E-state index is 11.6. The van der Waals surface area contributed by atoms with E-state index < -0.39 is 0 Å². The van der Waals surface area contributed by atoms with Crippen LogP contribution in [0.4, 0.5) is 5.69 Å². The second kappa shape index (κ2) is 6.40. The molecule has 1 aromatic carbocycles. The minimum absolute atomic E-state index is 0.0830. The van der Waals surface area contributed by atoms with Gasteiger partial charge in [0, 0.05) is 12.8 Å². The number of aryl methyl sites for hydroxylation is 1. The Balaban J connectivity index is 2.88. The molecule has 4 heteroatoms. The van der Waals surface area contributed by atoms with Crippen LogP contribution in [0.1, 0.15) is 37.3 Å². The van der Waals surface area contributed by atoms with E-state index in [9.17, 15) is 9.90 Å². The fourth-order valence-corrected chi connectivity index (χ4v) is 1.71. The molecule has 0 aliphatic heterocycles. The number of anilines is 1. The topological polar surface area (TPSA) is 58.6 Å². The maximum absolute atomic E-state index is 11.6. The number of rotatable bonds is 5. The van der Waals surface area contributed by atoms with E-state index in [1.165, 1.54) is 0 Å². The molecule has 0 saturated carbocycles. The number of carbonyl (C=O) groups excluding carboxylic acids is 1. The fraction of sp³-hybridized carbons (Fsp3) is 0.500. The summed E-state index contributed by atoms with van der Waals surface area (Å²) in [5, 5.41) is 12.7. The van der Waals surface area contributed by atoms with Crippen molar-refractivity contribution in [1.29, 1.82) is 0 Å². The molecule has 18 heavy (non-hydrogen) atoms. The van der Waals surface area contributed by atoms with E-state index in [1.54, 1.807) is 13.2 Å². The van der Waals surface area contributed by atoms with Gasteiger partial charge in [-0.15, -0.1) is 0 Å². The number of hydrogen-bond donors (Lipinski definition) is 2. The highest BCUT2D eigenvalue weighted by Crippen LogP contribution is 2.31. The van der Waals surface area contributed by atoms with Gasteiger partial charge >= 0.3 is 0 Å². The molecule has 0 aliphatic carbocycles. The fourth-order valence-electron chi connectivity index (χ4n) is 1.71. The van der Waals surface area contributed by atoms with Gasteiger partial charge in [0.2, 0.25) is 5.91 Å². The molecule has 0 atom stereocenters. The highest BCUT2D eigenvalue weighted by Gasteiger charge is 2.11. The molecule has 4 nitrogen and oxygen atoms in total. The summed E-state index contributed by atoms with van der Waals surface area (Å²) in [6.07, 6.45) is 0.327. The van der Waals surface area contributed by atoms with E-state index >= 15 is 0 Å². The van der Waals surface area contributed by atoms with Gasteiger partial charge in [0.05, 0.1) is 13.0 Å². The lowest BCUT2D eigenvalue weighted by Gasteiger charge is -2.14. The second-order valence-electron chi connectivity index (χ2n) is 4.67. The third-order valence-corrected chi connectivity index (χ3v) is 2.80. The first-order valence-corrected chi connectivity index (χ1v) is 6.08. The number of carbonyl (C=O) groups is 1. The van der Waals surface area contributed by atoms with Crippen molar-refractivity contribution in [2.75, 3.05) is 19.0 Å². The van der Waals surface area contributed by atoms with Crippen molar-refractivity contribution in [2.45, 2.75) is 33.1 Å². The summed E-state index contributed by atoms with van der Waals surface area (Å²) in [5.41, 5.74) is 2.43. The van der Waals surface area contributed by atoms with Crippen LogP contribution in [0.15, 0.2) is 12.1 Å². The standard InChI is InChI=1S/C14H21NO3/c1-9(2)11-8-12(10(3)7-13(11)16)15-14(17)5-6-18-4/h7-9,16H,5-6H2,1-4H3,(H,15,17). The molecule has 0 aliphatic rings. The van der Waals surface area contributed by atoms with Crippen LogP contribution >= 0.6 is 0 Å². The normalized spacial score (nSPS) is 10.7. The zero-order valence-corrected chi connectivity index (χ0v) is 11.4. The Morgan fingerprint density at radius 3 is 2.67 bits per heavy atom. The van der Waals surface area contributed by atoms with E-state index in [1.807, 2.05) is 26.8 Å². The van der Waals surface area contributed by atoms with Crippen LogP contribution in [0.2, 0.25) is 0 Å². The van der Waals surface area contributed by atoms with Crippen molar-refractivity contribution in [3.63, 3.8) is 0 Å². The molecule has 1 amide bonds. The third kappa shape index (κ3) is 3.74. The Kier molecular flexibility index (Phi) is 5.16. The van der Waals surface area contributed by atoms with Gasteiger partial charge in [0.25, 0.3) is 0 Å². The molecule has 2 N–H and O–H groups in total. The molecule has 0 saturated heterocycles. The van der Waals surface area contributed by atoms with Crippen LogP contribution in [-0.4, -0.2) is 24.7 Å². The molecular formula is C14H21NO3. The predicted molar refractivity (Wildman–Crippen MR) is 72.1 cm³/mol. The minimum atomic E-state index is -0.0830. The Morgan fingerprint density at radius 2 is 2.11 bits per heavy atom. The number of phenols is 1. The van der Waals surface area contributed by atoms with E-state index in [0.717, 1.165) is 16.8 Å². The van der Waals surface area contributed by atoms with Gasteiger partial charge < -0.3 is 15.2 Å². The number of amides is 1. The maximum Gasteiger partial charge on any atom is 0.226 e. The molecule has 1 aromatic rings. The van der Waals surface area contributed by atoms with Crippen molar-refractivity contribution in [1.82, 2.24) is 0 Å². The SMILES string of the molecule is COCCC(=O)Nc1cc(C(C)C)c(O)cc1C. The largest absolute Gasteiger partial charge is 0.508 e. The highest BCUT2D eigenvalue weighted by molar-refractivity contribution is 5.91. The van der Waals surface area contributed by atoms with Gasteiger partial charge in [-0.2, -0.15) is 0 Å². The first-order valence-electron chi connectivity index (χ1n) is 6.08. The number of aromatic hydroxyl groups is 1. The summed E-state index contributed by atoms with van der Waals surface area (Å²) < 4.78 is 4.86. The van der Waals surface area contributed by atoms with Gasteiger partial charge in [-0.3, -0.25) is 4.79 Å². The van der Waals surface area contributed by atoms with Crippen LogP contribution in [0, 0.1) is 6.92 Å². The van der Waals surface area contributed by atoms with Crippen molar-refractivity contribution >= 4 is 11.6 Å². The molecule has 1 rings (SSSR count). The van der Waals surface area contributed by atoms with Crippen LogP contribution in [0.5, 0.6) is 5.75 Å². The molecule has 0 bridgehead atoms. The summed E-state index contributed by atoms with van der Waals surface area (Å²) in [4.78, 5) is 11.6. The molecule has 0 spiro atoms. The lowest BCUT2D eigenvalue weighted by Crippen LogP contribution is -2.14. The average Bonchev–Trinajstić information content (AvgIpc) is 2.29. The Morgan fingerprint density at radius 1 is 1.44 bits per heavy atom. The molecule has 0 aromatic heterocycles. The molecule has 0 heterocycles. The van der Waals surface area contributed by atoms with Gasteiger partial charge in [0.1, 0.15) is 5.75 Å². The minimum Gasteiger partial charge on any atom is -0.508 e. The summed E-state index contributed by atoms with van der Waals surface area (Å²) >= 11 is 0. The Bertz CT molecular complexity index is 427. The number of benzene rings is 1. The monoisotopic (exact) mass is 251 g/mol. The first-order chi connectivity index (χ1) is 8.45. The summed E-state index contributed by atoms with van der Waals surface area (Å²) in [7, 11) is 1.57. The second-order valence-corrected chi connectivity index (χ2v) is 4.67.